The summed E-state index contributed by atoms with van der Waals surface area (Å²) in [7, 11) is 0. The van der Waals surface area contributed by atoms with Crippen LogP contribution in [-0.2, 0) is 4.79 Å². The van der Waals surface area contributed by atoms with Gasteiger partial charge in [0, 0.05) is 16.8 Å². The number of anilines is 2. The Morgan fingerprint density at radius 1 is 1.09 bits per heavy atom. The quantitative estimate of drug-likeness (QED) is 0.876. The lowest BCUT2D eigenvalue weighted by atomic mass is 10.2. The minimum atomic E-state index is -0.584. The zero-order chi connectivity index (χ0) is 16.2. The lowest BCUT2D eigenvalue weighted by Gasteiger charge is -2.21. The zero-order valence-corrected chi connectivity index (χ0v) is 12.7. The second-order valence-corrected chi connectivity index (χ2v) is 5.18. The van der Waals surface area contributed by atoms with Crippen LogP contribution in [0.15, 0.2) is 42.5 Å². The van der Waals surface area contributed by atoms with Gasteiger partial charge in [-0.3, -0.25) is 4.79 Å². The molecule has 0 aliphatic carbocycles. The Labute approximate surface area is 137 Å². The topological polar surface area (TPSA) is 67.9 Å². The number of nitrogens with zero attached hydrogens (tertiary/aromatic N) is 1. The summed E-state index contributed by atoms with van der Waals surface area (Å²) in [4.78, 5) is 24.6. The van der Waals surface area contributed by atoms with Crippen LogP contribution in [0.3, 0.4) is 0 Å². The van der Waals surface area contributed by atoms with Crippen LogP contribution in [0.2, 0.25) is 5.02 Å². The molecule has 1 aliphatic rings. The van der Waals surface area contributed by atoms with E-state index in [0.29, 0.717) is 47.5 Å². The highest BCUT2D eigenvalue weighted by atomic mass is 35.5. The van der Waals surface area contributed by atoms with Gasteiger partial charge in [0.1, 0.15) is 13.2 Å². The second kappa shape index (κ2) is 6.58. The summed E-state index contributed by atoms with van der Waals surface area (Å²) in [6.45, 7) is 0.898. The highest BCUT2D eigenvalue weighted by Crippen LogP contribution is 2.33. The fourth-order valence-electron chi connectivity index (χ4n) is 2.12. The minimum absolute atomic E-state index is 0.385. The SMILES string of the molecule is O=CN(C(=O)Nc1ccc(Cl)cc1)c1ccc2c(c1)OCCO2. The molecule has 0 atom stereocenters. The summed E-state index contributed by atoms with van der Waals surface area (Å²) in [5.74, 6) is 1.09. The van der Waals surface area contributed by atoms with E-state index >= 15 is 0 Å². The van der Waals surface area contributed by atoms with Gasteiger partial charge in [-0.1, -0.05) is 11.6 Å². The number of imide groups is 1. The van der Waals surface area contributed by atoms with E-state index < -0.39 is 6.03 Å². The summed E-state index contributed by atoms with van der Waals surface area (Å²) < 4.78 is 10.9. The molecule has 0 unspecified atom stereocenters. The number of halogens is 1. The predicted molar refractivity (Wildman–Crippen MR) is 86.4 cm³/mol. The Morgan fingerprint density at radius 3 is 2.48 bits per heavy atom. The molecule has 0 saturated heterocycles. The summed E-state index contributed by atoms with van der Waals surface area (Å²) in [5, 5.41) is 3.18. The van der Waals surface area contributed by atoms with E-state index in [0.717, 1.165) is 4.90 Å². The number of carbonyl (C=O) groups is 2. The number of rotatable bonds is 3. The molecule has 3 amide bonds. The van der Waals surface area contributed by atoms with Gasteiger partial charge in [0.15, 0.2) is 11.5 Å². The molecule has 23 heavy (non-hydrogen) atoms. The monoisotopic (exact) mass is 332 g/mol. The predicted octanol–water partition coefficient (Wildman–Crippen LogP) is 3.31. The fraction of sp³-hybridized carbons (Fsp3) is 0.125. The van der Waals surface area contributed by atoms with Crippen molar-refractivity contribution in [1.82, 2.24) is 0 Å². The average molecular weight is 333 g/mol. The summed E-state index contributed by atoms with van der Waals surface area (Å²) in [5.41, 5.74) is 0.916. The maximum atomic E-state index is 12.3. The minimum Gasteiger partial charge on any atom is -0.486 e. The van der Waals surface area contributed by atoms with Crippen molar-refractivity contribution in [3.8, 4) is 11.5 Å². The third-order valence-electron chi connectivity index (χ3n) is 3.22. The molecule has 1 N–H and O–H groups in total. The van der Waals surface area contributed by atoms with Crippen molar-refractivity contribution in [2.75, 3.05) is 23.4 Å². The molecule has 6 nitrogen and oxygen atoms in total. The number of fused-ring (bicyclic) bond motifs is 1. The van der Waals surface area contributed by atoms with Crippen molar-refractivity contribution in [3.05, 3.63) is 47.5 Å². The number of benzene rings is 2. The molecule has 0 radical (unpaired) electrons. The van der Waals surface area contributed by atoms with E-state index in [1.165, 1.54) is 0 Å². The fourth-order valence-corrected chi connectivity index (χ4v) is 2.25. The van der Waals surface area contributed by atoms with Crippen LogP contribution in [-0.4, -0.2) is 25.7 Å². The van der Waals surface area contributed by atoms with Crippen LogP contribution in [0.4, 0.5) is 16.2 Å². The van der Waals surface area contributed by atoms with Gasteiger partial charge in [-0.15, -0.1) is 0 Å². The lowest BCUT2D eigenvalue weighted by Crippen LogP contribution is -2.33. The molecule has 0 bridgehead atoms. The van der Waals surface area contributed by atoms with Crippen molar-refractivity contribution in [2.45, 2.75) is 0 Å². The van der Waals surface area contributed by atoms with Crippen molar-refractivity contribution in [2.24, 2.45) is 0 Å². The first-order valence-corrected chi connectivity index (χ1v) is 7.26. The lowest BCUT2D eigenvalue weighted by molar-refractivity contribution is -0.106. The number of hydrogen-bond donors (Lipinski definition) is 1. The van der Waals surface area contributed by atoms with Crippen LogP contribution in [0.25, 0.3) is 0 Å². The van der Waals surface area contributed by atoms with Crippen molar-refractivity contribution >= 4 is 35.4 Å². The van der Waals surface area contributed by atoms with Crippen molar-refractivity contribution < 1.29 is 19.1 Å². The third kappa shape index (κ3) is 3.37. The number of ether oxygens (including phenoxy) is 2. The highest BCUT2D eigenvalue weighted by Gasteiger charge is 2.19. The Kier molecular flexibility index (Phi) is 4.34. The first-order chi connectivity index (χ1) is 11.2. The normalized spacial score (nSPS) is 12.4. The van der Waals surface area contributed by atoms with Gasteiger partial charge in [0.2, 0.25) is 6.41 Å². The largest absolute Gasteiger partial charge is 0.486 e. The van der Waals surface area contributed by atoms with E-state index in [9.17, 15) is 9.59 Å². The Balaban J connectivity index is 1.80. The van der Waals surface area contributed by atoms with Gasteiger partial charge in [-0.2, -0.15) is 0 Å². The molecule has 1 aliphatic heterocycles. The molecule has 0 saturated carbocycles. The first kappa shape index (κ1) is 15.2. The van der Waals surface area contributed by atoms with Gasteiger partial charge in [-0.05, 0) is 36.4 Å². The number of amides is 3. The van der Waals surface area contributed by atoms with Crippen LogP contribution < -0.4 is 19.7 Å². The maximum absolute atomic E-state index is 12.3. The molecule has 0 aromatic heterocycles. The molecule has 2 aromatic rings. The van der Waals surface area contributed by atoms with E-state index in [1.54, 1.807) is 42.5 Å². The highest BCUT2D eigenvalue weighted by molar-refractivity contribution is 6.30. The molecule has 118 valence electrons. The zero-order valence-electron chi connectivity index (χ0n) is 12.0. The van der Waals surface area contributed by atoms with Crippen LogP contribution >= 0.6 is 11.6 Å². The molecule has 3 rings (SSSR count). The smallest absolute Gasteiger partial charge is 0.332 e. The summed E-state index contributed by atoms with van der Waals surface area (Å²) in [6.07, 6.45) is 0.441. The maximum Gasteiger partial charge on any atom is 0.332 e. The number of hydrogen-bond acceptors (Lipinski definition) is 4. The molecular formula is C16H13ClN2O4. The Bertz CT molecular complexity index is 733. The molecule has 7 heteroatoms. The number of carbonyl (C=O) groups excluding carboxylic acids is 2. The molecule has 0 spiro atoms. The van der Waals surface area contributed by atoms with E-state index in [2.05, 4.69) is 5.32 Å². The van der Waals surface area contributed by atoms with Crippen LogP contribution in [0.5, 0.6) is 11.5 Å². The summed E-state index contributed by atoms with van der Waals surface area (Å²) in [6, 6.07) is 10.9. The van der Waals surface area contributed by atoms with Gasteiger partial charge in [-0.25, -0.2) is 9.69 Å². The van der Waals surface area contributed by atoms with Crippen molar-refractivity contribution in [1.29, 1.82) is 0 Å². The second-order valence-electron chi connectivity index (χ2n) is 4.74. The third-order valence-corrected chi connectivity index (χ3v) is 3.48. The first-order valence-electron chi connectivity index (χ1n) is 6.88. The summed E-state index contributed by atoms with van der Waals surface area (Å²) >= 11 is 5.80. The van der Waals surface area contributed by atoms with Gasteiger partial charge >= 0.3 is 6.03 Å². The standard InChI is InChI=1S/C16H13ClN2O4/c17-11-1-3-12(4-2-11)18-16(21)19(10-20)13-5-6-14-15(9-13)23-8-7-22-14/h1-6,9-10H,7-8H2,(H,18,21). The van der Waals surface area contributed by atoms with E-state index in [-0.39, 0.29) is 0 Å². The number of urea groups is 1. The molecule has 2 aromatic carbocycles. The van der Waals surface area contributed by atoms with E-state index in [1.807, 2.05) is 0 Å². The molecular weight excluding hydrogens is 320 g/mol. The number of nitrogens with one attached hydrogen (secondary N) is 1. The van der Waals surface area contributed by atoms with Gasteiger partial charge in [0.25, 0.3) is 0 Å². The average Bonchev–Trinajstić information content (AvgIpc) is 2.57. The molecule has 0 fully saturated rings. The molecule has 1 heterocycles. The van der Waals surface area contributed by atoms with Crippen molar-refractivity contribution in [3.63, 3.8) is 0 Å². The van der Waals surface area contributed by atoms with E-state index in [4.69, 9.17) is 21.1 Å². The van der Waals surface area contributed by atoms with Gasteiger partial charge < -0.3 is 14.8 Å². The van der Waals surface area contributed by atoms with Crippen LogP contribution in [0.1, 0.15) is 0 Å². The Morgan fingerprint density at radius 2 is 1.78 bits per heavy atom. The Hall–Kier alpha value is -2.73. The van der Waals surface area contributed by atoms with Gasteiger partial charge in [0.05, 0.1) is 5.69 Å². The van der Waals surface area contributed by atoms with Crippen LogP contribution in [0, 0.1) is 0 Å².